The highest BCUT2D eigenvalue weighted by Gasteiger charge is 2.82. The van der Waals surface area contributed by atoms with Crippen molar-refractivity contribution < 1.29 is 5.11 Å². The van der Waals surface area contributed by atoms with Crippen molar-refractivity contribution >= 4 is 0 Å². The van der Waals surface area contributed by atoms with Crippen LogP contribution < -0.4 is 5.32 Å². The Bertz CT molecular complexity index is 720. The standard InChI is InChI=1S/C27H48N2O/c1-17(29(7)8)22-18(30)15-25(5)20-10-9-19-23(2,3)21(28-6)11-12-26(19)16-27(20,26)14-13-24(22,25)4/h17-22,28,30H,9-16H2,1-8H3/t17?,18?,19?,20?,21?,22?,24-,25+,26-,27+/m1/s1. The molecule has 0 radical (unpaired) electrons. The predicted molar refractivity (Wildman–Crippen MR) is 124 cm³/mol. The Morgan fingerprint density at radius 3 is 2.17 bits per heavy atom. The molecule has 0 bridgehead atoms. The molecule has 5 aliphatic carbocycles. The molecule has 3 nitrogen and oxygen atoms in total. The minimum absolute atomic E-state index is 0.142. The lowest BCUT2D eigenvalue weighted by Crippen LogP contribution is -2.59. The van der Waals surface area contributed by atoms with E-state index < -0.39 is 0 Å². The maximum atomic E-state index is 11.4. The summed E-state index contributed by atoms with van der Waals surface area (Å²) in [5.41, 5.74) is 2.14. The van der Waals surface area contributed by atoms with Crippen LogP contribution in [0.15, 0.2) is 0 Å². The number of aliphatic hydroxyl groups is 1. The van der Waals surface area contributed by atoms with Gasteiger partial charge >= 0.3 is 0 Å². The van der Waals surface area contributed by atoms with E-state index in [-0.39, 0.29) is 16.9 Å². The van der Waals surface area contributed by atoms with Gasteiger partial charge in [0.2, 0.25) is 0 Å². The third-order valence-electron chi connectivity index (χ3n) is 12.9. The van der Waals surface area contributed by atoms with Gasteiger partial charge in [0, 0.05) is 18.0 Å². The van der Waals surface area contributed by atoms with Crippen LogP contribution in [0.2, 0.25) is 0 Å². The third kappa shape index (κ3) is 2.24. The molecule has 10 atom stereocenters. The van der Waals surface area contributed by atoms with Gasteiger partial charge in [-0.05, 0) is 118 Å². The van der Waals surface area contributed by atoms with Crippen molar-refractivity contribution in [2.24, 2.45) is 44.8 Å². The normalized spacial score (nSPS) is 57.2. The van der Waals surface area contributed by atoms with Gasteiger partial charge in [0.25, 0.3) is 0 Å². The number of hydrogen-bond donors (Lipinski definition) is 2. The minimum atomic E-state index is -0.142. The van der Waals surface area contributed by atoms with Gasteiger partial charge in [0.15, 0.2) is 0 Å². The second kappa shape index (κ2) is 6.26. The third-order valence-corrected chi connectivity index (χ3v) is 12.9. The van der Waals surface area contributed by atoms with Gasteiger partial charge < -0.3 is 15.3 Å². The summed E-state index contributed by atoms with van der Waals surface area (Å²) in [5.74, 6) is 2.10. The van der Waals surface area contributed by atoms with E-state index in [0.717, 1.165) is 18.3 Å². The number of hydrogen-bond acceptors (Lipinski definition) is 3. The summed E-state index contributed by atoms with van der Waals surface area (Å²) in [5, 5.41) is 15.1. The average Bonchev–Trinajstić information content (AvgIpc) is 3.27. The van der Waals surface area contributed by atoms with Crippen LogP contribution in [0.5, 0.6) is 0 Å². The Morgan fingerprint density at radius 2 is 1.53 bits per heavy atom. The number of nitrogens with one attached hydrogen (secondary N) is 1. The molecule has 0 aromatic heterocycles. The summed E-state index contributed by atoms with van der Waals surface area (Å²) < 4.78 is 0. The quantitative estimate of drug-likeness (QED) is 0.684. The second-order valence-corrected chi connectivity index (χ2v) is 13.7. The fourth-order valence-electron chi connectivity index (χ4n) is 11.2. The molecule has 0 amide bonds. The minimum Gasteiger partial charge on any atom is -0.393 e. The van der Waals surface area contributed by atoms with Crippen molar-refractivity contribution in [2.45, 2.75) is 104 Å². The van der Waals surface area contributed by atoms with Gasteiger partial charge in [-0.25, -0.2) is 0 Å². The first-order valence-corrected chi connectivity index (χ1v) is 12.9. The Labute approximate surface area is 185 Å². The molecule has 2 N–H and O–H groups in total. The van der Waals surface area contributed by atoms with Gasteiger partial charge in [-0.2, -0.15) is 0 Å². The van der Waals surface area contributed by atoms with E-state index in [4.69, 9.17) is 0 Å². The average molecular weight is 417 g/mol. The summed E-state index contributed by atoms with van der Waals surface area (Å²) >= 11 is 0. The Kier molecular flexibility index (Phi) is 4.53. The summed E-state index contributed by atoms with van der Waals surface area (Å²) in [7, 11) is 6.58. The molecule has 5 rings (SSSR count). The largest absolute Gasteiger partial charge is 0.393 e. The van der Waals surface area contributed by atoms with Crippen molar-refractivity contribution in [3.63, 3.8) is 0 Å². The van der Waals surface area contributed by atoms with Gasteiger partial charge in [0.05, 0.1) is 6.10 Å². The van der Waals surface area contributed by atoms with Crippen LogP contribution in [-0.2, 0) is 0 Å². The van der Waals surface area contributed by atoms with Gasteiger partial charge in [-0.15, -0.1) is 0 Å². The van der Waals surface area contributed by atoms with Crippen molar-refractivity contribution in [1.29, 1.82) is 0 Å². The van der Waals surface area contributed by atoms with Crippen molar-refractivity contribution in [2.75, 3.05) is 21.1 Å². The van der Waals surface area contributed by atoms with Crippen LogP contribution in [0.25, 0.3) is 0 Å². The number of aliphatic hydroxyl groups excluding tert-OH is 1. The van der Waals surface area contributed by atoms with Crippen LogP contribution in [0, 0.1) is 44.8 Å². The van der Waals surface area contributed by atoms with E-state index in [1.54, 1.807) is 0 Å². The molecule has 2 spiro atoms. The van der Waals surface area contributed by atoms with E-state index in [0.29, 0.717) is 34.2 Å². The van der Waals surface area contributed by atoms with Crippen LogP contribution in [0.4, 0.5) is 0 Å². The predicted octanol–water partition coefficient (Wildman–Crippen LogP) is 4.93. The summed E-state index contributed by atoms with van der Waals surface area (Å²) in [4.78, 5) is 2.35. The SMILES string of the molecule is CNC1CC[C@]23C[C@]24CC[C@]2(C)C(C(C)N(C)C)C(O)C[C@@]2(C)C4CCC3C1(C)C. The Morgan fingerprint density at radius 1 is 0.900 bits per heavy atom. The molecule has 3 heteroatoms. The zero-order valence-electron chi connectivity index (χ0n) is 21.0. The van der Waals surface area contributed by atoms with Crippen LogP contribution >= 0.6 is 0 Å². The second-order valence-electron chi connectivity index (χ2n) is 13.7. The van der Waals surface area contributed by atoms with Gasteiger partial charge in [-0.1, -0.05) is 27.7 Å². The molecule has 0 aromatic rings. The molecule has 5 saturated carbocycles. The first-order chi connectivity index (χ1) is 13.9. The van der Waals surface area contributed by atoms with Crippen molar-refractivity contribution in [3.05, 3.63) is 0 Å². The fourth-order valence-corrected chi connectivity index (χ4v) is 11.2. The van der Waals surface area contributed by atoms with Crippen molar-refractivity contribution in [3.8, 4) is 0 Å². The summed E-state index contributed by atoms with van der Waals surface area (Å²) in [6.07, 6.45) is 10.7. The van der Waals surface area contributed by atoms with E-state index >= 15 is 0 Å². The molecule has 0 saturated heterocycles. The maximum absolute atomic E-state index is 11.4. The van der Waals surface area contributed by atoms with E-state index in [9.17, 15) is 5.11 Å². The lowest BCUT2D eigenvalue weighted by atomic mass is 9.42. The molecule has 0 aliphatic heterocycles. The number of nitrogens with zero attached hydrogens (tertiary/aromatic N) is 1. The first kappa shape index (κ1) is 21.7. The van der Waals surface area contributed by atoms with Crippen LogP contribution in [-0.4, -0.2) is 49.3 Å². The van der Waals surface area contributed by atoms with Crippen molar-refractivity contribution in [1.82, 2.24) is 10.2 Å². The fraction of sp³-hybridized carbons (Fsp3) is 1.00. The highest BCUT2D eigenvalue weighted by Crippen LogP contribution is 2.88. The zero-order valence-corrected chi connectivity index (χ0v) is 21.0. The molecule has 5 aliphatic rings. The monoisotopic (exact) mass is 416 g/mol. The molecular weight excluding hydrogens is 368 g/mol. The van der Waals surface area contributed by atoms with E-state index in [1.807, 2.05) is 0 Å². The van der Waals surface area contributed by atoms with Gasteiger partial charge in [-0.3, -0.25) is 0 Å². The lowest BCUT2D eigenvalue weighted by Gasteiger charge is -2.63. The first-order valence-electron chi connectivity index (χ1n) is 12.9. The molecule has 172 valence electrons. The van der Waals surface area contributed by atoms with Crippen LogP contribution in [0.1, 0.15) is 86.0 Å². The Balaban J connectivity index is 1.51. The maximum Gasteiger partial charge on any atom is 0.0594 e. The smallest absolute Gasteiger partial charge is 0.0594 e. The van der Waals surface area contributed by atoms with E-state index in [2.05, 4.69) is 66.0 Å². The number of rotatable bonds is 3. The molecule has 0 aromatic carbocycles. The lowest BCUT2D eigenvalue weighted by molar-refractivity contribution is -0.146. The topological polar surface area (TPSA) is 35.5 Å². The van der Waals surface area contributed by atoms with E-state index in [1.165, 1.54) is 44.9 Å². The molecule has 30 heavy (non-hydrogen) atoms. The Hall–Kier alpha value is -0.120. The zero-order chi connectivity index (χ0) is 21.9. The highest BCUT2D eigenvalue weighted by atomic mass is 16.3. The highest BCUT2D eigenvalue weighted by molar-refractivity contribution is 5.31. The van der Waals surface area contributed by atoms with Crippen LogP contribution in [0.3, 0.4) is 0 Å². The van der Waals surface area contributed by atoms with Gasteiger partial charge in [0.1, 0.15) is 0 Å². The molecule has 6 unspecified atom stereocenters. The summed E-state index contributed by atoms with van der Waals surface area (Å²) in [6, 6.07) is 1.11. The molecule has 0 heterocycles. The molecular formula is C27H48N2O. The summed E-state index contributed by atoms with van der Waals surface area (Å²) in [6.45, 7) is 12.7. The number of fused-ring (bicyclic) bond motifs is 2. The molecule has 5 fully saturated rings.